The molecule has 3 N–H and O–H groups in total. The maximum absolute atomic E-state index is 11.2. The molecule has 0 radical (unpaired) electrons. The van der Waals surface area contributed by atoms with E-state index in [2.05, 4.69) is 27.3 Å². The van der Waals surface area contributed by atoms with E-state index < -0.39 is 0 Å². The third-order valence-corrected chi connectivity index (χ3v) is 2.98. The van der Waals surface area contributed by atoms with Crippen LogP contribution in [0.4, 0.5) is 5.69 Å². The summed E-state index contributed by atoms with van der Waals surface area (Å²) >= 11 is 3.43. The fourth-order valence-electron chi connectivity index (χ4n) is 1.63. The van der Waals surface area contributed by atoms with Gasteiger partial charge in [-0.2, -0.15) is 0 Å². The van der Waals surface area contributed by atoms with Crippen LogP contribution < -0.4 is 11.1 Å². The lowest BCUT2D eigenvalue weighted by molar-refractivity contribution is -0.116. The van der Waals surface area contributed by atoms with Gasteiger partial charge in [-0.15, -0.1) is 0 Å². The predicted octanol–water partition coefficient (Wildman–Crippen LogP) is 1.79. The van der Waals surface area contributed by atoms with Gasteiger partial charge in [0.15, 0.2) is 0 Å². The van der Waals surface area contributed by atoms with Crippen LogP contribution in [0.3, 0.4) is 0 Å². The van der Waals surface area contributed by atoms with Gasteiger partial charge in [0.1, 0.15) is 0 Å². The smallest absolute Gasteiger partial charge is 0.224 e. The van der Waals surface area contributed by atoms with Gasteiger partial charge in [0.05, 0.1) is 5.69 Å². The quantitative estimate of drug-likeness (QED) is 0.803. The second kappa shape index (κ2) is 3.71. The molecule has 1 aliphatic rings. The SMILES string of the molecule is NCc1cc(Br)c2c(c1)CCC(=O)N2. The van der Waals surface area contributed by atoms with Crippen LogP contribution in [-0.2, 0) is 17.8 Å². The fourth-order valence-corrected chi connectivity index (χ4v) is 2.28. The van der Waals surface area contributed by atoms with Crippen molar-refractivity contribution in [3.63, 3.8) is 0 Å². The predicted molar refractivity (Wildman–Crippen MR) is 59.0 cm³/mol. The van der Waals surface area contributed by atoms with Crippen molar-refractivity contribution >= 4 is 27.5 Å². The molecule has 4 heteroatoms. The maximum Gasteiger partial charge on any atom is 0.224 e. The van der Waals surface area contributed by atoms with E-state index in [1.807, 2.05) is 6.07 Å². The van der Waals surface area contributed by atoms with Gasteiger partial charge in [-0.25, -0.2) is 0 Å². The van der Waals surface area contributed by atoms with E-state index >= 15 is 0 Å². The summed E-state index contributed by atoms with van der Waals surface area (Å²) in [4.78, 5) is 11.2. The second-order valence-electron chi connectivity index (χ2n) is 3.36. The van der Waals surface area contributed by atoms with Gasteiger partial charge in [-0.1, -0.05) is 6.07 Å². The first-order valence-electron chi connectivity index (χ1n) is 4.52. The van der Waals surface area contributed by atoms with Gasteiger partial charge in [-0.3, -0.25) is 4.79 Å². The van der Waals surface area contributed by atoms with Crippen molar-refractivity contribution in [2.75, 3.05) is 5.32 Å². The van der Waals surface area contributed by atoms with Crippen LogP contribution >= 0.6 is 15.9 Å². The molecule has 3 nitrogen and oxygen atoms in total. The summed E-state index contributed by atoms with van der Waals surface area (Å²) in [6, 6.07) is 4.00. The van der Waals surface area contributed by atoms with Crippen LogP contribution in [0.2, 0.25) is 0 Å². The van der Waals surface area contributed by atoms with Crippen molar-refractivity contribution in [3.8, 4) is 0 Å². The Kier molecular flexibility index (Phi) is 2.56. The molecule has 1 aliphatic heterocycles. The van der Waals surface area contributed by atoms with Gasteiger partial charge in [0.25, 0.3) is 0 Å². The summed E-state index contributed by atoms with van der Waals surface area (Å²) in [5.74, 6) is 0.0821. The molecule has 0 saturated heterocycles. The summed E-state index contributed by atoms with van der Waals surface area (Å²) in [6.45, 7) is 0.528. The van der Waals surface area contributed by atoms with Crippen LogP contribution in [0, 0.1) is 0 Å². The number of anilines is 1. The Labute approximate surface area is 90.8 Å². The zero-order valence-electron chi connectivity index (χ0n) is 7.64. The molecule has 0 unspecified atom stereocenters. The molecule has 1 aromatic carbocycles. The highest BCUT2D eigenvalue weighted by molar-refractivity contribution is 9.10. The lowest BCUT2D eigenvalue weighted by Crippen LogP contribution is -2.19. The molecule has 0 saturated carbocycles. The van der Waals surface area contributed by atoms with Crippen LogP contribution in [0.1, 0.15) is 17.5 Å². The molecule has 0 atom stereocenters. The standard InChI is InChI=1S/C10H11BrN2O/c11-8-4-6(5-12)3-7-1-2-9(14)13-10(7)8/h3-4H,1-2,5,12H2,(H,13,14). The molecule has 0 spiro atoms. The summed E-state index contributed by atoms with van der Waals surface area (Å²) < 4.78 is 0.920. The van der Waals surface area contributed by atoms with E-state index in [1.165, 1.54) is 5.56 Å². The molecule has 1 heterocycles. The molecule has 0 fully saturated rings. The van der Waals surface area contributed by atoms with Crippen molar-refractivity contribution in [3.05, 3.63) is 27.7 Å². The van der Waals surface area contributed by atoms with Crippen molar-refractivity contribution < 1.29 is 4.79 Å². The summed E-state index contributed by atoms with van der Waals surface area (Å²) in [5, 5.41) is 2.85. The lowest BCUT2D eigenvalue weighted by atomic mass is 10.0. The van der Waals surface area contributed by atoms with E-state index in [-0.39, 0.29) is 5.91 Å². The van der Waals surface area contributed by atoms with E-state index in [0.717, 1.165) is 22.1 Å². The second-order valence-corrected chi connectivity index (χ2v) is 4.22. The van der Waals surface area contributed by atoms with Crippen LogP contribution in [-0.4, -0.2) is 5.91 Å². The van der Waals surface area contributed by atoms with E-state index in [1.54, 1.807) is 0 Å². The zero-order valence-corrected chi connectivity index (χ0v) is 9.23. The molecule has 0 aromatic heterocycles. The van der Waals surface area contributed by atoms with Gasteiger partial charge in [-0.05, 0) is 39.5 Å². The topological polar surface area (TPSA) is 55.1 Å². The minimum Gasteiger partial charge on any atom is -0.326 e. The molecule has 0 bridgehead atoms. The number of benzene rings is 1. The average molecular weight is 255 g/mol. The van der Waals surface area contributed by atoms with Crippen molar-refractivity contribution in [2.45, 2.75) is 19.4 Å². The molecule has 1 amide bonds. The Hall–Kier alpha value is -0.870. The third-order valence-electron chi connectivity index (χ3n) is 2.35. The van der Waals surface area contributed by atoms with Crippen molar-refractivity contribution in [1.29, 1.82) is 0 Å². The van der Waals surface area contributed by atoms with Crippen molar-refractivity contribution in [2.24, 2.45) is 5.73 Å². The number of halogens is 1. The van der Waals surface area contributed by atoms with Gasteiger partial charge in [0.2, 0.25) is 5.91 Å². The van der Waals surface area contributed by atoms with Crippen LogP contribution in [0.15, 0.2) is 16.6 Å². The highest BCUT2D eigenvalue weighted by Gasteiger charge is 2.17. The summed E-state index contributed by atoms with van der Waals surface area (Å²) in [7, 11) is 0. The Balaban J connectivity index is 2.48. The highest BCUT2D eigenvalue weighted by Crippen LogP contribution is 2.31. The number of carbonyl (C=O) groups is 1. The van der Waals surface area contributed by atoms with Crippen LogP contribution in [0.25, 0.3) is 0 Å². The number of aryl methyl sites for hydroxylation is 1. The number of hydrogen-bond acceptors (Lipinski definition) is 2. The van der Waals surface area contributed by atoms with Gasteiger partial charge >= 0.3 is 0 Å². The Morgan fingerprint density at radius 2 is 2.21 bits per heavy atom. The van der Waals surface area contributed by atoms with E-state index in [9.17, 15) is 4.79 Å². The molecule has 1 aromatic rings. The summed E-state index contributed by atoms with van der Waals surface area (Å²) in [6.07, 6.45) is 1.36. The average Bonchev–Trinajstić information content (AvgIpc) is 2.19. The van der Waals surface area contributed by atoms with Crippen LogP contribution in [0.5, 0.6) is 0 Å². The maximum atomic E-state index is 11.2. The minimum absolute atomic E-state index is 0.0821. The molecular weight excluding hydrogens is 244 g/mol. The molecule has 0 aliphatic carbocycles. The number of amides is 1. The number of nitrogens with two attached hydrogens (primary N) is 1. The first-order chi connectivity index (χ1) is 6.70. The van der Waals surface area contributed by atoms with Gasteiger partial charge in [0, 0.05) is 17.4 Å². The lowest BCUT2D eigenvalue weighted by Gasteiger charge is -2.19. The normalized spacial score (nSPS) is 14.9. The number of nitrogens with one attached hydrogen (secondary N) is 1. The van der Waals surface area contributed by atoms with E-state index in [0.29, 0.717) is 13.0 Å². The number of hydrogen-bond donors (Lipinski definition) is 2. The number of carbonyl (C=O) groups excluding carboxylic acids is 1. The molecule has 74 valence electrons. The Morgan fingerprint density at radius 1 is 1.43 bits per heavy atom. The fraction of sp³-hybridized carbons (Fsp3) is 0.300. The molecular formula is C10H11BrN2O. The molecule has 14 heavy (non-hydrogen) atoms. The van der Waals surface area contributed by atoms with Crippen molar-refractivity contribution in [1.82, 2.24) is 0 Å². The largest absolute Gasteiger partial charge is 0.326 e. The Morgan fingerprint density at radius 3 is 2.93 bits per heavy atom. The third kappa shape index (κ3) is 1.67. The van der Waals surface area contributed by atoms with E-state index in [4.69, 9.17) is 5.73 Å². The highest BCUT2D eigenvalue weighted by atomic mass is 79.9. The molecule has 2 rings (SSSR count). The summed E-state index contributed by atoms with van der Waals surface area (Å²) in [5.41, 5.74) is 8.73. The monoisotopic (exact) mass is 254 g/mol. The first kappa shape index (κ1) is 9.68. The number of rotatable bonds is 1. The first-order valence-corrected chi connectivity index (χ1v) is 5.31. The van der Waals surface area contributed by atoms with Gasteiger partial charge < -0.3 is 11.1 Å². The minimum atomic E-state index is 0.0821. The Bertz CT molecular complexity index is 390. The zero-order chi connectivity index (χ0) is 10.1. The number of fused-ring (bicyclic) bond motifs is 1.